The molecule has 0 N–H and O–H groups in total. The van der Waals surface area contributed by atoms with E-state index < -0.39 is 0 Å². The van der Waals surface area contributed by atoms with Crippen molar-refractivity contribution in [3.63, 3.8) is 0 Å². The van der Waals surface area contributed by atoms with E-state index in [1.54, 1.807) is 0 Å². The second kappa shape index (κ2) is 17.6. The fourth-order valence-corrected chi connectivity index (χ4v) is 8.50. The van der Waals surface area contributed by atoms with Crippen LogP contribution >= 0.6 is 0 Å². The molecule has 1 rings (SSSR count). The lowest BCUT2D eigenvalue weighted by molar-refractivity contribution is 0.0106. The molecule has 222 valence electrons. The third-order valence-corrected chi connectivity index (χ3v) is 10.8. The predicted octanol–water partition coefficient (Wildman–Crippen LogP) is 11.8. The Hall–Kier alpha value is -0.0400. The summed E-state index contributed by atoms with van der Waals surface area (Å²) in [5.74, 6) is 4.27. The summed E-state index contributed by atoms with van der Waals surface area (Å²) < 4.78 is 0. The van der Waals surface area contributed by atoms with Gasteiger partial charge in [-0.25, -0.2) is 0 Å². The minimum Gasteiger partial charge on any atom is -0.300 e. The van der Waals surface area contributed by atoms with Crippen LogP contribution in [0.1, 0.15) is 172 Å². The van der Waals surface area contributed by atoms with E-state index in [4.69, 9.17) is 0 Å². The highest BCUT2D eigenvalue weighted by Crippen LogP contribution is 2.46. The van der Waals surface area contributed by atoms with Crippen molar-refractivity contribution < 1.29 is 0 Å². The lowest BCUT2D eigenvalue weighted by atomic mass is 9.64. The van der Waals surface area contributed by atoms with Crippen LogP contribution in [0.5, 0.6) is 0 Å². The number of nitrogens with zero attached hydrogens (tertiary/aromatic N) is 1. The van der Waals surface area contributed by atoms with E-state index in [1.807, 2.05) is 0 Å². The van der Waals surface area contributed by atoms with E-state index in [-0.39, 0.29) is 0 Å². The van der Waals surface area contributed by atoms with E-state index in [0.29, 0.717) is 10.8 Å². The highest BCUT2D eigenvalue weighted by molar-refractivity contribution is 4.93. The summed E-state index contributed by atoms with van der Waals surface area (Å²) in [6.07, 6.45) is 21.0. The highest BCUT2D eigenvalue weighted by atomic mass is 15.2. The summed E-state index contributed by atoms with van der Waals surface area (Å²) in [6.45, 7) is 30.0. The van der Waals surface area contributed by atoms with Crippen LogP contribution < -0.4 is 0 Å². The van der Waals surface area contributed by atoms with Gasteiger partial charge in [-0.1, -0.05) is 140 Å². The van der Waals surface area contributed by atoms with E-state index in [0.717, 1.165) is 35.6 Å². The molecular formula is C36H73N. The molecule has 5 unspecified atom stereocenters. The lowest BCUT2D eigenvalue weighted by Crippen LogP contribution is -2.50. The van der Waals surface area contributed by atoms with Crippen molar-refractivity contribution in [2.45, 2.75) is 179 Å². The van der Waals surface area contributed by atoms with E-state index in [2.05, 4.69) is 81.1 Å². The Labute approximate surface area is 236 Å². The molecule has 0 radical (unpaired) electrons. The van der Waals surface area contributed by atoms with Crippen LogP contribution in [0.15, 0.2) is 0 Å². The highest BCUT2D eigenvalue weighted by Gasteiger charge is 2.41. The third-order valence-electron chi connectivity index (χ3n) is 10.8. The maximum atomic E-state index is 3.02. The summed E-state index contributed by atoms with van der Waals surface area (Å²) in [5, 5.41) is 0. The minimum atomic E-state index is 0.402. The van der Waals surface area contributed by atoms with Gasteiger partial charge in [0.25, 0.3) is 0 Å². The molecular weight excluding hydrogens is 446 g/mol. The second-order valence-electron chi connectivity index (χ2n) is 14.8. The van der Waals surface area contributed by atoms with Gasteiger partial charge < -0.3 is 0 Å². The van der Waals surface area contributed by atoms with Crippen LogP contribution in [0.2, 0.25) is 0 Å². The average Bonchev–Trinajstić information content (AvgIpc) is 2.87. The standard InChI is InChI=1S/C36H73N/c1-12-20-31(21-13-2)34(29(7)8)32-27-30(15-4)22-18-19-25-36(11,16-5)26-23-33(32)37(17-6)28-35(9,10)24-14-3/h29-34H,12-28H2,1-11H3. The molecule has 1 saturated carbocycles. The summed E-state index contributed by atoms with van der Waals surface area (Å²) >= 11 is 0. The molecule has 37 heavy (non-hydrogen) atoms. The van der Waals surface area contributed by atoms with Crippen LogP contribution in [0.3, 0.4) is 0 Å². The number of hydrogen-bond donors (Lipinski definition) is 0. The Morgan fingerprint density at radius 2 is 1.51 bits per heavy atom. The average molecular weight is 520 g/mol. The van der Waals surface area contributed by atoms with Crippen LogP contribution in [0.4, 0.5) is 0 Å². The quantitative estimate of drug-likeness (QED) is 0.208. The molecule has 1 nitrogen and oxygen atoms in total. The van der Waals surface area contributed by atoms with Gasteiger partial charge in [0.2, 0.25) is 0 Å². The first kappa shape index (κ1) is 35.0. The zero-order chi connectivity index (χ0) is 28.1. The predicted molar refractivity (Wildman–Crippen MR) is 169 cm³/mol. The van der Waals surface area contributed by atoms with E-state index in [1.165, 1.54) is 109 Å². The topological polar surface area (TPSA) is 3.24 Å². The Bertz CT molecular complexity index is 559. The van der Waals surface area contributed by atoms with Gasteiger partial charge in [0.15, 0.2) is 0 Å². The third kappa shape index (κ3) is 11.5. The van der Waals surface area contributed by atoms with E-state index >= 15 is 0 Å². The van der Waals surface area contributed by atoms with Crippen molar-refractivity contribution in [2.75, 3.05) is 13.1 Å². The molecule has 0 amide bonds. The molecule has 0 bridgehead atoms. The molecule has 1 aliphatic rings. The maximum Gasteiger partial charge on any atom is 0.0127 e. The molecule has 0 spiro atoms. The van der Waals surface area contributed by atoms with Gasteiger partial charge in [0.1, 0.15) is 0 Å². The van der Waals surface area contributed by atoms with Crippen LogP contribution in [0, 0.1) is 40.4 Å². The SMILES string of the molecule is CCCC(CCC)C(C(C)C)C1CC(CC)CCCCC(C)(CC)CCC1N(CC)CC(C)(C)CCC. The fraction of sp³-hybridized carbons (Fsp3) is 1.00. The van der Waals surface area contributed by atoms with Gasteiger partial charge in [-0.3, -0.25) is 4.90 Å². The van der Waals surface area contributed by atoms with Crippen molar-refractivity contribution in [3.05, 3.63) is 0 Å². The molecule has 0 saturated heterocycles. The van der Waals surface area contributed by atoms with Crippen LogP contribution in [-0.4, -0.2) is 24.0 Å². The molecule has 0 aromatic heterocycles. The van der Waals surface area contributed by atoms with Gasteiger partial charge in [0, 0.05) is 12.6 Å². The number of hydrogen-bond acceptors (Lipinski definition) is 1. The first-order chi connectivity index (χ1) is 17.5. The van der Waals surface area contributed by atoms with Crippen LogP contribution in [0.25, 0.3) is 0 Å². The number of rotatable bonds is 15. The van der Waals surface area contributed by atoms with Crippen LogP contribution in [-0.2, 0) is 0 Å². The summed E-state index contributed by atoms with van der Waals surface area (Å²) in [5.41, 5.74) is 0.923. The van der Waals surface area contributed by atoms with Crippen molar-refractivity contribution in [1.82, 2.24) is 4.90 Å². The molecule has 1 heteroatoms. The summed E-state index contributed by atoms with van der Waals surface area (Å²) in [6, 6.07) is 0.739. The zero-order valence-corrected chi connectivity index (χ0v) is 27.9. The van der Waals surface area contributed by atoms with Gasteiger partial charge in [-0.15, -0.1) is 0 Å². The monoisotopic (exact) mass is 520 g/mol. The molecule has 0 aliphatic heterocycles. The van der Waals surface area contributed by atoms with Gasteiger partial charge in [-0.05, 0) is 79.1 Å². The minimum absolute atomic E-state index is 0.402. The van der Waals surface area contributed by atoms with Gasteiger partial charge in [-0.2, -0.15) is 0 Å². The van der Waals surface area contributed by atoms with Crippen molar-refractivity contribution in [3.8, 4) is 0 Å². The normalized spacial score (nSPS) is 27.6. The smallest absolute Gasteiger partial charge is 0.0127 e. The molecule has 0 aromatic carbocycles. The Morgan fingerprint density at radius 1 is 0.865 bits per heavy atom. The Morgan fingerprint density at radius 3 is 2.00 bits per heavy atom. The summed E-state index contributed by atoms with van der Waals surface area (Å²) in [4.78, 5) is 3.02. The second-order valence-corrected chi connectivity index (χ2v) is 14.8. The first-order valence-electron chi connectivity index (χ1n) is 17.2. The van der Waals surface area contributed by atoms with Crippen molar-refractivity contribution in [1.29, 1.82) is 0 Å². The zero-order valence-electron chi connectivity index (χ0n) is 27.9. The Kier molecular flexibility index (Phi) is 16.7. The summed E-state index contributed by atoms with van der Waals surface area (Å²) in [7, 11) is 0. The van der Waals surface area contributed by atoms with Gasteiger partial charge in [0.05, 0.1) is 0 Å². The largest absolute Gasteiger partial charge is 0.300 e. The molecule has 1 aliphatic carbocycles. The first-order valence-corrected chi connectivity index (χ1v) is 17.2. The lowest BCUT2D eigenvalue weighted by Gasteiger charge is -2.48. The van der Waals surface area contributed by atoms with Gasteiger partial charge >= 0.3 is 0 Å². The van der Waals surface area contributed by atoms with Crippen molar-refractivity contribution in [2.24, 2.45) is 40.4 Å². The molecule has 0 aromatic rings. The molecule has 1 fully saturated rings. The van der Waals surface area contributed by atoms with Crippen molar-refractivity contribution >= 4 is 0 Å². The maximum absolute atomic E-state index is 3.02. The van der Waals surface area contributed by atoms with E-state index in [9.17, 15) is 0 Å². The Balaban J connectivity index is 3.65. The fourth-order valence-electron chi connectivity index (χ4n) is 8.50. The molecule has 0 heterocycles. The molecule has 5 atom stereocenters.